The molecule has 0 spiro atoms. The van der Waals surface area contributed by atoms with Gasteiger partial charge in [-0.3, -0.25) is 14.9 Å². The lowest BCUT2D eigenvalue weighted by molar-refractivity contribution is -0.115. The number of benzene rings is 1. The van der Waals surface area contributed by atoms with Gasteiger partial charge in [-0.05, 0) is 42.0 Å². The molecule has 4 rings (SSSR count). The maximum atomic E-state index is 12.4. The number of amides is 1. The zero-order chi connectivity index (χ0) is 16.4. The van der Waals surface area contributed by atoms with Crippen LogP contribution in [0.3, 0.4) is 0 Å². The fraction of sp³-hybridized carbons (Fsp3) is 0.211. The normalized spacial score (nSPS) is 12.8. The van der Waals surface area contributed by atoms with Crippen molar-refractivity contribution in [1.82, 2.24) is 15.2 Å². The van der Waals surface area contributed by atoms with E-state index in [2.05, 4.69) is 20.5 Å². The van der Waals surface area contributed by atoms with Crippen LogP contribution in [0.4, 0.5) is 5.82 Å². The number of aromatic nitrogens is 3. The molecule has 0 radical (unpaired) electrons. The molecule has 2 aromatic heterocycles. The Morgan fingerprint density at radius 1 is 1.17 bits per heavy atom. The number of carbonyl (C=O) groups is 1. The minimum Gasteiger partial charge on any atom is -0.309 e. The molecule has 0 bridgehead atoms. The van der Waals surface area contributed by atoms with E-state index in [0.29, 0.717) is 12.2 Å². The lowest BCUT2D eigenvalue weighted by Crippen LogP contribution is -2.15. The highest BCUT2D eigenvalue weighted by Gasteiger charge is 2.19. The second-order valence-corrected chi connectivity index (χ2v) is 6.05. The van der Waals surface area contributed by atoms with Crippen molar-refractivity contribution in [3.8, 4) is 11.1 Å². The largest absolute Gasteiger partial charge is 0.309 e. The number of hydrogen-bond acceptors (Lipinski definition) is 3. The molecule has 120 valence electrons. The maximum absolute atomic E-state index is 12.4. The van der Waals surface area contributed by atoms with E-state index in [0.717, 1.165) is 47.2 Å². The predicted octanol–water partition coefficient (Wildman–Crippen LogP) is 3.14. The van der Waals surface area contributed by atoms with Crippen LogP contribution in [0.15, 0.2) is 48.8 Å². The van der Waals surface area contributed by atoms with Crippen LogP contribution in [0, 0.1) is 0 Å². The zero-order valence-electron chi connectivity index (χ0n) is 13.2. The van der Waals surface area contributed by atoms with Crippen molar-refractivity contribution < 1.29 is 4.79 Å². The Kier molecular flexibility index (Phi) is 3.83. The third-order valence-corrected chi connectivity index (χ3v) is 4.35. The molecule has 0 fully saturated rings. The molecule has 0 saturated heterocycles. The number of aryl methyl sites for hydroxylation is 1. The molecule has 2 N–H and O–H groups in total. The molecular weight excluding hydrogens is 300 g/mol. The molecule has 0 atom stereocenters. The van der Waals surface area contributed by atoms with Gasteiger partial charge in [-0.2, -0.15) is 5.10 Å². The summed E-state index contributed by atoms with van der Waals surface area (Å²) in [6.07, 6.45) is 7.04. The number of anilines is 1. The van der Waals surface area contributed by atoms with Crippen LogP contribution in [-0.4, -0.2) is 21.1 Å². The third kappa shape index (κ3) is 2.93. The molecule has 2 heterocycles. The van der Waals surface area contributed by atoms with Gasteiger partial charge in [0.05, 0.1) is 6.42 Å². The van der Waals surface area contributed by atoms with Gasteiger partial charge in [0.1, 0.15) is 0 Å². The summed E-state index contributed by atoms with van der Waals surface area (Å²) in [7, 11) is 0. The smallest absolute Gasteiger partial charge is 0.230 e. The number of nitrogens with one attached hydrogen (secondary N) is 2. The number of aromatic amines is 1. The monoisotopic (exact) mass is 318 g/mol. The molecule has 0 saturated carbocycles. The van der Waals surface area contributed by atoms with Gasteiger partial charge < -0.3 is 5.32 Å². The fourth-order valence-electron chi connectivity index (χ4n) is 3.18. The van der Waals surface area contributed by atoms with Crippen molar-refractivity contribution in [2.45, 2.75) is 25.7 Å². The number of hydrogen-bond donors (Lipinski definition) is 2. The van der Waals surface area contributed by atoms with E-state index in [-0.39, 0.29) is 5.91 Å². The Hall–Kier alpha value is -2.95. The van der Waals surface area contributed by atoms with Crippen LogP contribution in [0.2, 0.25) is 0 Å². The molecule has 1 aliphatic rings. The first kappa shape index (κ1) is 14.6. The van der Waals surface area contributed by atoms with Crippen LogP contribution >= 0.6 is 0 Å². The van der Waals surface area contributed by atoms with Crippen LogP contribution < -0.4 is 5.32 Å². The van der Waals surface area contributed by atoms with Crippen molar-refractivity contribution in [1.29, 1.82) is 0 Å². The molecule has 24 heavy (non-hydrogen) atoms. The van der Waals surface area contributed by atoms with Gasteiger partial charge in [0.2, 0.25) is 5.91 Å². The van der Waals surface area contributed by atoms with Gasteiger partial charge in [0, 0.05) is 23.7 Å². The molecule has 1 amide bonds. The first-order valence-corrected chi connectivity index (χ1v) is 8.15. The minimum absolute atomic E-state index is 0.0421. The van der Waals surface area contributed by atoms with E-state index in [4.69, 9.17) is 0 Å². The number of nitrogens with zero attached hydrogens (tertiary/aromatic N) is 2. The lowest BCUT2D eigenvalue weighted by Gasteiger charge is -2.06. The Balaban J connectivity index is 1.48. The van der Waals surface area contributed by atoms with Gasteiger partial charge in [0.25, 0.3) is 0 Å². The second kappa shape index (κ2) is 6.28. The Bertz CT molecular complexity index is 870. The Morgan fingerprint density at radius 2 is 2.08 bits per heavy atom. The van der Waals surface area contributed by atoms with E-state index >= 15 is 0 Å². The number of rotatable bonds is 4. The molecule has 0 aliphatic heterocycles. The first-order valence-electron chi connectivity index (χ1n) is 8.15. The van der Waals surface area contributed by atoms with Crippen molar-refractivity contribution in [3.05, 3.63) is 65.6 Å². The Morgan fingerprint density at radius 3 is 2.96 bits per heavy atom. The number of pyridine rings is 1. The quantitative estimate of drug-likeness (QED) is 0.776. The Labute approximate surface area is 140 Å². The van der Waals surface area contributed by atoms with Gasteiger partial charge in [-0.15, -0.1) is 0 Å². The molecule has 0 unspecified atom stereocenters. The van der Waals surface area contributed by atoms with Gasteiger partial charge >= 0.3 is 0 Å². The van der Waals surface area contributed by atoms with Crippen LogP contribution in [-0.2, 0) is 24.1 Å². The zero-order valence-corrected chi connectivity index (χ0v) is 13.2. The maximum Gasteiger partial charge on any atom is 0.230 e. The summed E-state index contributed by atoms with van der Waals surface area (Å²) in [4.78, 5) is 16.5. The van der Waals surface area contributed by atoms with E-state index in [9.17, 15) is 4.79 Å². The van der Waals surface area contributed by atoms with E-state index in [1.807, 2.05) is 42.6 Å². The number of carbonyl (C=O) groups excluding carboxylic acids is 1. The summed E-state index contributed by atoms with van der Waals surface area (Å²) >= 11 is 0. The molecular formula is C19H18N4O. The molecule has 5 nitrogen and oxygen atoms in total. The average molecular weight is 318 g/mol. The van der Waals surface area contributed by atoms with Gasteiger partial charge in [0.15, 0.2) is 5.82 Å². The van der Waals surface area contributed by atoms with Crippen molar-refractivity contribution >= 4 is 11.7 Å². The summed E-state index contributed by atoms with van der Waals surface area (Å²) in [5, 5.41) is 10.2. The van der Waals surface area contributed by atoms with E-state index < -0.39 is 0 Å². The summed E-state index contributed by atoms with van der Waals surface area (Å²) < 4.78 is 0. The summed E-state index contributed by atoms with van der Waals surface area (Å²) in [6, 6.07) is 11.9. The van der Waals surface area contributed by atoms with Crippen LogP contribution in [0.1, 0.15) is 23.2 Å². The number of fused-ring (bicyclic) bond motifs is 1. The molecule has 5 heteroatoms. The highest BCUT2D eigenvalue weighted by atomic mass is 16.1. The molecule has 3 aromatic rings. The molecule has 1 aromatic carbocycles. The summed E-state index contributed by atoms with van der Waals surface area (Å²) in [6.45, 7) is 0. The van der Waals surface area contributed by atoms with Crippen molar-refractivity contribution in [2.24, 2.45) is 0 Å². The van der Waals surface area contributed by atoms with E-state index in [1.54, 1.807) is 6.20 Å². The van der Waals surface area contributed by atoms with Crippen molar-refractivity contribution in [2.75, 3.05) is 5.32 Å². The molecule has 1 aliphatic carbocycles. The fourth-order valence-corrected chi connectivity index (χ4v) is 3.18. The van der Waals surface area contributed by atoms with E-state index in [1.165, 1.54) is 0 Å². The number of H-pyrrole nitrogens is 1. The van der Waals surface area contributed by atoms with Crippen LogP contribution in [0.5, 0.6) is 0 Å². The SMILES string of the molecule is O=C(Cc1cccc(-c2cccnc2)c1)Nc1n[nH]c2c1CCC2. The van der Waals surface area contributed by atoms with Crippen LogP contribution in [0.25, 0.3) is 11.1 Å². The highest BCUT2D eigenvalue weighted by molar-refractivity contribution is 5.92. The predicted molar refractivity (Wildman–Crippen MR) is 92.6 cm³/mol. The lowest BCUT2D eigenvalue weighted by atomic mass is 10.0. The average Bonchev–Trinajstić information content (AvgIpc) is 3.21. The second-order valence-electron chi connectivity index (χ2n) is 6.05. The van der Waals surface area contributed by atoms with Crippen molar-refractivity contribution in [3.63, 3.8) is 0 Å². The van der Waals surface area contributed by atoms with Gasteiger partial charge in [-0.1, -0.05) is 30.3 Å². The highest BCUT2D eigenvalue weighted by Crippen LogP contribution is 2.26. The minimum atomic E-state index is -0.0421. The summed E-state index contributed by atoms with van der Waals surface area (Å²) in [5.41, 5.74) is 5.40. The summed E-state index contributed by atoms with van der Waals surface area (Å²) in [5.74, 6) is 0.649. The van der Waals surface area contributed by atoms with Gasteiger partial charge in [-0.25, -0.2) is 0 Å². The standard InChI is InChI=1S/C19H18N4O/c24-18(21-19-16-7-2-8-17(16)22-23-19)11-13-4-1-5-14(10-13)15-6-3-9-20-12-15/h1,3-6,9-10,12H,2,7-8,11H2,(H2,21,22,23,24). The first-order chi connectivity index (χ1) is 11.8. The topological polar surface area (TPSA) is 70.7 Å². The third-order valence-electron chi connectivity index (χ3n) is 4.35.